The SMILES string of the molecule is Cc1cccc2nc(-c3ccc(Cl)cc3Cl)c(CCC(=O)O)n12. The molecule has 6 heteroatoms. The van der Waals surface area contributed by atoms with Gasteiger partial charge in [-0.15, -0.1) is 0 Å². The largest absolute Gasteiger partial charge is 0.481 e. The van der Waals surface area contributed by atoms with Gasteiger partial charge in [-0.3, -0.25) is 4.79 Å². The number of aromatic nitrogens is 2. The van der Waals surface area contributed by atoms with Crippen LogP contribution in [0.5, 0.6) is 0 Å². The number of aliphatic carboxylic acids is 1. The molecule has 0 saturated carbocycles. The van der Waals surface area contributed by atoms with E-state index in [1.165, 1.54) is 0 Å². The smallest absolute Gasteiger partial charge is 0.303 e. The van der Waals surface area contributed by atoms with E-state index >= 15 is 0 Å². The van der Waals surface area contributed by atoms with Gasteiger partial charge in [0.2, 0.25) is 0 Å². The minimum absolute atomic E-state index is 0.0281. The Hall–Kier alpha value is -2.04. The Morgan fingerprint density at radius 3 is 2.74 bits per heavy atom. The zero-order valence-corrected chi connectivity index (χ0v) is 13.9. The van der Waals surface area contributed by atoms with Crippen molar-refractivity contribution >= 4 is 34.8 Å². The summed E-state index contributed by atoms with van der Waals surface area (Å²) in [7, 11) is 0. The molecular formula is C17H14Cl2N2O2. The number of nitrogens with zero attached hydrogens (tertiary/aromatic N) is 2. The molecule has 0 bridgehead atoms. The maximum Gasteiger partial charge on any atom is 0.303 e. The van der Waals surface area contributed by atoms with E-state index in [-0.39, 0.29) is 6.42 Å². The predicted molar refractivity (Wildman–Crippen MR) is 91.3 cm³/mol. The summed E-state index contributed by atoms with van der Waals surface area (Å²) in [5.41, 5.74) is 4.05. The molecular weight excluding hydrogens is 335 g/mol. The van der Waals surface area contributed by atoms with E-state index in [1.807, 2.05) is 35.6 Å². The number of benzene rings is 1. The van der Waals surface area contributed by atoms with Gasteiger partial charge in [-0.25, -0.2) is 4.98 Å². The van der Waals surface area contributed by atoms with E-state index < -0.39 is 5.97 Å². The molecule has 0 aliphatic heterocycles. The number of carboxylic acid groups (broad SMARTS) is 1. The molecule has 0 amide bonds. The molecule has 0 unspecified atom stereocenters. The van der Waals surface area contributed by atoms with Gasteiger partial charge in [0, 0.05) is 22.7 Å². The summed E-state index contributed by atoms with van der Waals surface area (Å²) in [6.07, 6.45) is 0.399. The van der Waals surface area contributed by atoms with Crippen LogP contribution in [0.2, 0.25) is 10.0 Å². The third-order valence-electron chi connectivity index (χ3n) is 3.70. The molecule has 23 heavy (non-hydrogen) atoms. The van der Waals surface area contributed by atoms with Crippen molar-refractivity contribution in [1.82, 2.24) is 9.38 Å². The first kappa shape index (κ1) is 15.8. The lowest BCUT2D eigenvalue weighted by atomic mass is 10.1. The number of hydrogen-bond donors (Lipinski definition) is 1. The molecule has 1 N–H and O–H groups in total. The third kappa shape index (κ3) is 3.05. The van der Waals surface area contributed by atoms with Crippen LogP contribution in [0.3, 0.4) is 0 Å². The molecule has 0 aliphatic rings. The van der Waals surface area contributed by atoms with E-state index in [4.69, 9.17) is 28.3 Å². The second-order valence-corrected chi connectivity index (χ2v) is 6.13. The van der Waals surface area contributed by atoms with Crippen LogP contribution in [-0.2, 0) is 11.2 Å². The Bertz CT molecular complexity index is 903. The van der Waals surface area contributed by atoms with Crippen molar-refractivity contribution in [3.63, 3.8) is 0 Å². The van der Waals surface area contributed by atoms with Gasteiger partial charge in [0.05, 0.1) is 22.8 Å². The maximum atomic E-state index is 11.0. The first-order valence-electron chi connectivity index (χ1n) is 7.11. The van der Waals surface area contributed by atoms with Gasteiger partial charge in [0.15, 0.2) is 0 Å². The minimum Gasteiger partial charge on any atom is -0.481 e. The van der Waals surface area contributed by atoms with Gasteiger partial charge < -0.3 is 9.51 Å². The van der Waals surface area contributed by atoms with Crippen molar-refractivity contribution in [3.05, 3.63) is 57.8 Å². The fourth-order valence-electron chi connectivity index (χ4n) is 2.68. The summed E-state index contributed by atoms with van der Waals surface area (Å²) >= 11 is 12.3. The molecule has 0 spiro atoms. The van der Waals surface area contributed by atoms with Crippen LogP contribution in [0.4, 0.5) is 0 Å². The van der Waals surface area contributed by atoms with Crippen LogP contribution in [0, 0.1) is 6.92 Å². The number of halogens is 2. The third-order valence-corrected chi connectivity index (χ3v) is 4.24. The van der Waals surface area contributed by atoms with Gasteiger partial charge >= 0.3 is 5.97 Å². The van der Waals surface area contributed by atoms with Gasteiger partial charge in [-0.05, 0) is 37.3 Å². The molecule has 0 radical (unpaired) electrons. The quantitative estimate of drug-likeness (QED) is 0.747. The van der Waals surface area contributed by atoms with Gasteiger partial charge in [0.25, 0.3) is 0 Å². The highest BCUT2D eigenvalue weighted by Crippen LogP contribution is 2.33. The molecule has 2 heterocycles. The lowest BCUT2D eigenvalue weighted by Gasteiger charge is -2.08. The minimum atomic E-state index is -0.846. The van der Waals surface area contributed by atoms with Crippen LogP contribution in [0.1, 0.15) is 17.8 Å². The van der Waals surface area contributed by atoms with E-state index in [9.17, 15) is 4.79 Å². The van der Waals surface area contributed by atoms with E-state index in [1.54, 1.807) is 12.1 Å². The number of imidazole rings is 1. The van der Waals surface area contributed by atoms with Gasteiger partial charge in [-0.1, -0.05) is 29.3 Å². The van der Waals surface area contributed by atoms with E-state index in [0.29, 0.717) is 22.2 Å². The molecule has 0 fully saturated rings. The molecule has 0 aliphatic carbocycles. The average molecular weight is 349 g/mol. The van der Waals surface area contributed by atoms with Crippen LogP contribution < -0.4 is 0 Å². The molecule has 3 rings (SSSR count). The van der Waals surface area contributed by atoms with Crippen LogP contribution >= 0.6 is 23.2 Å². The summed E-state index contributed by atoms with van der Waals surface area (Å²) in [5, 5.41) is 10.1. The number of carboxylic acids is 1. The normalized spacial score (nSPS) is 11.1. The average Bonchev–Trinajstić information content (AvgIpc) is 2.85. The van der Waals surface area contributed by atoms with Crippen LogP contribution in [-0.4, -0.2) is 20.5 Å². The molecule has 4 nitrogen and oxygen atoms in total. The second-order valence-electron chi connectivity index (χ2n) is 5.29. The Kier molecular flexibility index (Phi) is 4.28. The first-order valence-corrected chi connectivity index (χ1v) is 7.87. The van der Waals surface area contributed by atoms with Crippen molar-refractivity contribution in [2.75, 3.05) is 0 Å². The standard InChI is InChI=1S/C17H14Cl2N2O2/c1-10-3-2-4-15-20-17(12-6-5-11(18)9-13(12)19)14(21(10)15)7-8-16(22)23/h2-6,9H,7-8H2,1H3,(H,22,23). The Morgan fingerprint density at radius 1 is 1.26 bits per heavy atom. The lowest BCUT2D eigenvalue weighted by molar-refractivity contribution is -0.136. The van der Waals surface area contributed by atoms with E-state index in [2.05, 4.69) is 4.98 Å². The highest BCUT2D eigenvalue weighted by molar-refractivity contribution is 6.36. The highest BCUT2D eigenvalue weighted by Gasteiger charge is 2.18. The summed E-state index contributed by atoms with van der Waals surface area (Å²) in [4.78, 5) is 15.7. The molecule has 118 valence electrons. The monoisotopic (exact) mass is 348 g/mol. The topological polar surface area (TPSA) is 54.6 Å². The first-order chi connectivity index (χ1) is 11.0. The fourth-order valence-corrected chi connectivity index (χ4v) is 3.18. The number of hydrogen-bond acceptors (Lipinski definition) is 2. The van der Waals surface area contributed by atoms with Crippen molar-refractivity contribution in [3.8, 4) is 11.3 Å². The Balaban J connectivity index is 2.24. The van der Waals surface area contributed by atoms with Crippen LogP contribution in [0.25, 0.3) is 16.9 Å². The fraction of sp³-hybridized carbons (Fsp3) is 0.176. The molecule has 0 atom stereocenters. The summed E-state index contributed by atoms with van der Waals surface area (Å²) in [5.74, 6) is -0.846. The van der Waals surface area contributed by atoms with E-state index in [0.717, 1.165) is 22.6 Å². The predicted octanol–water partition coefficient (Wildman–Crippen LogP) is 4.63. The zero-order chi connectivity index (χ0) is 16.6. The Morgan fingerprint density at radius 2 is 2.04 bits per heavy atom. The summed E-state index contributed by atoms with van der Waals surface area (Å²) < 4.78 is 1.98. The van der Waals surface area contributed by atoms with Crippen molar-refractivity contribution in [1.29, 1.82) is 0 Å². The highest BCUT2D eigenvalue weighted by atomic mass is 35.5. The van der Waals surface area contributed by atoms with Crippen molar-refractivity contribution < 1.29 is 9.90 Å². The Labute approximate surface area is 143 Å². The summed E-state index contributed by atoms with van der Waals surface area (Å²) in [6, 6.07) is 11.0. The molecule has 1 aromatic carbocycles. The number of carbonyl (C=O) groups is 1. The zero-order valence-electron chi connectivity index (χ0n) is 12.4. The maximum absolute atomic E-state index is 11.0. The molecule has 3 aromatic rings. The van der Waals surface area contributed by atoms with Crippen molar-refractivity contribution in [2.45, 2.75) is 19.8 Å². The lowest BCUT2D eigenvalue weighted by Crippen LogP contribution is -2.03. The van der Waals surface area contributed by atoms with Crippen molar-refractivity contribution in [2.24, 2.45) is 0 Å². The molecule has 0 saturated heterocycles. The number of fused-ring (bicyclic) bond motifs is 1. The summed E-state index contributed by atoms with van der Waals surface area (Å²) in [6.45, 7) is 1.96. The number of pyridine rings is 1. The van der Waals surface area contributed by atoms with Crippen LogP contribution in [0.15, 0.2) is 36.4 Å². The number of aryl methyl sites for hydroxylation is 2. The number of rotatable bonds is 4. The van der Waals surface area contributed by atoms with Gasteiger partial charge in [-0.2, -0.15) is 0 Å². The molecule has 2 aromatic heterocycles. The van der Waals surface area contributed by atoms with Gasteiger partial charge in [0.1, 0.15) is 5.65 Å². The second kappa shape index (κ2) is 6.22.